The van der Waals surface area contributed by atoms with E-state index in [4.69, 9.17) is 16.6 Å². The first-order valence-electron chi connectivity index (χ1n) is 13.0. The molecule has 198 valence electrons. The van der Waals surface area contributed by atoms with Gasteiger partial charge in [0, 0.05) is 17.3 Å². The maximum absolute atomic E-state index is 14.0. The van der Waals surface area contributed by atoms with Gasteiger partial charge in [0.05, 0.1) is 22.6 Å². The molecule has 3 aromatic carbocycles. The summed E-state index contributed by atoms with van der Waals surface area (Å²) in [4.78, 5) is 34.7. The lowest BCUT2D eigenvalue weighted by molar-refractivity contribution is 0.171. The number of aryl methyl sites for hydroxylation is 3. The highest BCUT2D eigenvalue weighted by atomic mass is 35.5. The molecule has 0 spiro atoms. The maximum atomic E-state index is 14.0. The van der Waals surface area contributed by atoms with E-state index < -0.39 is 6.04 Å². The van der Waals surface area contributed by atoms with Gasteiger partial charge in [-0.3, -0.25) is 9.36 Å². The number of urea groups is 1. The van der Waals surface area contributed by atoms with E-state index in [0.717, 1.165) is 22.4 Å². The molecule has 0 saturated heterocycles. The molecule has 38 heavy (non-hydrogen) atoms. The van der Waals surface area contributed by atoms with Crippen molar-refractivity contribution in [2.45, 2.75) is 54.0 Å². The first-order valence-corrected chi connectivity index (χ1v) is 13.4. The van der Waals surface area contributed by atoms with Crippen LogP contribution in [0.4, 0.5) is 10.5 Å². The average molecular weight is 531 g/mol. The van der Waals surface area contributed by atoms with Gasteiger partial charge in [-0.05, 0) is 80.1 Å². The fourth-order valence-electron chi connectivity index (χ4n) is 4.95. The third kappa shape index (κ3) is 5.46. The van der Waals surface area contributed by atoms with Crippen LogP contribution in [-0.2, 0) is 0 Å². The summed E-state index contributed by atoms with van der Waals surface area (Å²) >= 11 is 6.26. The summed E-state index contributed by atoms with van der Waals surface area (Å²) in [5.74, 6) is 0.726. The van der Waals surface area contributed by atoms with Crippen molar-refractivity contribution in [1.29, 1.82) is 0 Å². The molecule has 0 bridgehead atoms. The Kier molecular flexibility index (Phi) is 8.22. The topological polar surface area (TPSA) is 67.2 Å². The predicted octanol–water partition coefficient (Wildman–Crippen LogP) is 7.61. The van der Waals surface area contributed by atoms with Crippen LogP contribution < -0.4 is 10.9 Å². The molecule has 7 heteroatoms. The number of para-hydroxylation sites is 2. The Bertz CT molecular complexity index is 1520. The number of hydrogen-bond acceptors (Lipinski definition) is 3. The van der Waals surface area contributed by atoms with Crippen LogP contribution in [0.25, 0.3) is 16.6 Å². The molecule has 0 fully saturated rings. The van der Waals surface area contributed by atoms with Gasteiger partial charge in [-0.25, -0.2) is 9.78 Å². The Balaban J connectivity index is 1.93. The van der Waals surface area contributed by atoms with Crippen molar-refractivity contribution in [3.63, 3.8) is 0 Å². The van der Waals surface area contributed by atoms with E-state index in [-0.39, 0.29) is 17.5 Å². The number of nitrogens with zero attached hydrogens (tertiary/aromatic N) is 3. The second-order valence-electron chi connectivity index (χ2n) is 10.2. The van der Waals surface area contributed by atoms with E-state index in [0.29, 0.717) is 40.4 Å². The van der Waals surface area contributed by atoms with Crippen molar-refractivity contribution in [1.82, 2.24) is 14.5 Å². The smallest absolute Gasteiger partial charge is 0.314 e. The van der Waals surface area contributed by atoms with Crippen LogP contribution in [0, 0.1) is 26.7 Å². The number of halogens is 1. The third-order valence-corrected chi connectivity index (χ3v) is 7.03. The fourth-order valence-corrected chi connectivity index (χ4v) is 5.18. The highest BCUT2D eigenvalue weighted by Gasteiger charge is 2.30. The second-order valence-corrected chi connectivity index (χ2v) is 10.7. The molecule has 1 atom stereocenters. The number of benzene rings is 3. The Morgan fingerprint density at radius 1 is 1.00 bits per heavy atom. The minimum Gasteiger partial charge on any atom is -0.314 e. The zero-order valence-corrected chi connectivity index (χ0v) is 23.6. The van der Waals surface area contributed by atoms with Gasteiger partial charge in [-0.2, -0.15) is 0 Å². The number of rotatable bonds is 7. The van der Waals surface area contributed by atoms with Crippen LogP contribution in [0.15, 0.2) is 65.5 Å². The molecule has 6 nitrogen and oxygen atoms in total. The third-order valence-electron chi connectivity index (χ3n) is 6.80. The average Bonchev–Trinajstić information content (AvgIpc) is 2.87. The first kappa shape index (κ1) is 27.4. The molecule has 0 aliphatic rings. The standard InChI is InChI=1S/C31H35ClN4O2/c1-7-26(35(18-19(2)3)31(38)34-28-20(4)11-10-12-21(28)5)29-33-25-14-9-8-13-24(25)30(37)36(29)27-16-15-23(32)17-22(27)6/h8-17,19,26H,7,18H2,1-6H3,(H,34,38). The molecular weight excluding hydrogens is 496 g/mol. The minimum absolute atomic E-state index is 0.172. The lowest BCUT2D eigenvalue weighted by Crippen LogP contribution is -2.43. The van der Waals surface area contributed by atoms with Gasteiger partial charge in [-0.1, -0.05) is 62.7 Å². The van der Waals surface area contributed by atoms with Crippen molar-refractivity contribution in [3.05, 3.63) is 98.6 Å². The molecule has 4 rings (SSSR count). The Hall–Kier alpha value is -3.64. The molecule has 4 aromatic rings. The number of aromatic nitrogens is 2. The van der Waals surface area contributed by atoms with E-state index >= 15 is 0 Å². The quantitative estimate of drug-likeness (QED) is 0.267. The molecule has 1 unspecified atom stereocenters. The van der Waals surface area contributed by atoms with E-state index in [2.05, 4.69) is 19.2 Å². The van der Waals surface area contributed by atoms with Crippen LogP contribution >= 0.6 is 11.6 Å². The van der Waals surface area contributed by atoms with Crippen molar-refractivity contribution in [3.8, 4) is 5.69 Å². The number of carbonyl (C=O) groups excluding carboxylic acids is 1. The Morgan fingerprint density at radius 2 is 1.68 bits per heavy atom. The first-order chi connectivity index (χ1) is 18.1. The van der Waals surface area contributed by atoms with Gasteiger partial charge in [0.15, 0.2) is 0 Å². The summed E-state index contributed by atoms with van der Waals surface area (Å²) in [6.45, 7) is 12.6. The zero-order valence-electron chi connectivity index (χ0n) is 22.9. The molecule has 0 radical (unpaired) electrons. The lowest BCUT2D eigenvalue weighted by Gasteiger charge is -2.34. The number of fused-ring (bicyclic) bond motifs is 1. The van der Waals surface area contributed by atoms with E-state index in [9.17, 15) is 9.59 Å². The molecule has 2 amide bonds. The summed E-state index contributed by atoms with van der Waals surface area (Å²) in [6, 6.07) is 18.1. The number of hydrogen-bond donors (Lipinski definition) is 1. The van der Waals surface area contributed by atoms with Gasteiger partial charge < -0.3 is 10.2 Å². The molecule has 1 heterocycles. The van der Waals surface area contributed by atoms with Crippen molar-refractivity contribution < 1.29 is 4.79 Å². The van der Waals surface area contributed by atoms with Crippen LogP contribution in [0.2, 0.25) is 5.02 Å². The summed E-state index contributed by atoms with van der Waals surface area (Å²) in [7, 11) is 0. The minimum atomic E-state index is -0.450. The molecule has 1 aromatic heterocycles. The molecule has 0 saturated carbocycles. The highest BCUT2D eigenvalue weighted by Crippen LogP contribution is 2.30. The number of carbonyl (C=O) groups is 1. The summed E-state index contributed by atoms with van der Waals surface area (Å²) < 4.78 is 1.65. The van der Waals surface area contributed by atoms with Crippen LogP contribution in [0.3, 0.4) is 0 Å². The molecular formula is C31H35ClN4O2. The number of anilines is 1. The largest absolute Gasteiger partial charge is 0.322 e. The van der Waals surface area contributed by atoms with Crippen LogP contribution in [0.5, 0.6) is 0 Å². The SMILES string of the molecule is CCC(c1nc2ccccc2c(=O)n1-c1ccc(Cl)cc1C)N(CC(C)C)C(=O)Nc1c(C)cccc1C. The second kappa shape index (κ2) is 11.4. The van der Waals surface area contributed by atoms with Crippen molar-refractivity contribution in [2.24, 2.45) is 5.92 Å². The van der Waals surface area contributed by atoms with Gasteiger partial charge >= 0.3 is 6.03 Å². The Labute approximate surface area is 229 Å². The van der Waals surface area contributed by atoms with Gasteiger partial charge in [0.25, 0.3) is 5.56 Å². The monoisotopic (exact) mass is 530 g/mol. The predicted molar refractivity (Wildman–Crippen MR) is 157 cm³/mol. The van der Waals surface area contributed by atoms with E-state index in [1.807, 2.05) is 81.1 Å². The summed E-state index contributed by atoms with van der Waals surface area (Å²) in [6.07, 6.45) is 0.574. The summed E-state index contributed by atoms with van der Waals surface area (Å²) in [5.41, 5.74) is 4.77. The fraction of sp³-hybridized carbons (Fsp3) is 0.323. The number of amides is 2. The van der Waals surface area contributed by atoms with Crippen molar-refractivity contribution in [2.75, 3.05) is 11.9 Å². The van der Waals surface area contributed by atoms with Crippen LogP contribution in [-0.4, -0.2) is 27.0 Å². The molecule has 0 aliphatic carbocycles. The normalized spacial score (nSPS) is 12.1. The van der Waals surface area contributed by atoms with Crippen molar-refractivity contribution >= 4 is 34.2 Å². The number of nitrogens with one attached hydrogen (secondary N) is 1. The van der Waals surface area contributed by atoms with Gasteiger partial charge in [0.1, 0.15) is 5.82 Å². The van der Waals surface area contributed by atoms with Gasteiger partial charge in [-0.15, -0.1) is 0 Å². The maximum Gasteiger partial charge on any atom is 0.322 e. The van der Waals surface area contributed by atoms with E-state index in [1.54, 1.807) is 16.7 Å². The Morgan fingerprint density at radius 3 is 2.32 bits per heavy atom. The van der Waals surface area contributed by atoms with Crippen LogP contribution in [0.1, 0.15) is 55.7 Å². The summed E-state index contributed by atoms with van der Waals surface area (Å²) in [5, 5.41) is 4.27. The van der Waals surface area contributed by atoms with Gasteiger partial charge in [0.2, 0.25) is 0 Å². The zero-order chi connectivity index (χ0) is 27.6. The molecule has 1 N–H and O–H groups in total. The lowest BCUT2D eigenvalue weighted by atomic mass is 10.1. The van der Waals surface area contributed by atoms with E-state index in [1.165, 1.54) is 0 Å². The molecule has 0 aliphatic heterocycles. The highest BCUT2D eigenvalue weighted by molar-refractivity contribution is 6.30.